The average molecular weight is 228 g/mol. The normalized spacial score (nSPS) is 11.6. The van der Waals surface area contributed by atoms with Crippen LogP contribution in [0.4, 0.5) is 5.69 Å². The van der Waals surface area contributed by atoms with Crippen molar-refractivity contribution < 1.29 is 8.76 Å². The van der Waals surface area contributed by atoms with Gasteiger partial charge in [0.05, 0.1) is 10.7 Å². The van der Waals surface area contributed by atoms with Crippen molar-refractivity contribution in [3.63, 3.8) is 0 Å². The number of hydrogen-bond donors (Lipinski definition) is 1. The predicted molar refractivity (Wildman–Crippen MR) is 54.5 cm³/mol. The maximum atomic E-state index is 10.2. The Morgan fingerprint density at radius 3 is 2.62 bits per heavy atom. The molecular formula is C7H7ClNNaO2S-. The Kier molecular flexibility index (Phi) is 6.20. The molecule has 0 heterocycles. The maximum absolute atomic E-state index is 10.2. The topological polar surface area (TPSA) is 52.2 Å². The van der Waals surface area contributed by atoms with E-state index in [1.54, 1.807) is 18.2 Å². The molecule has 0 amide bonds. The van der Waals surface area contributed by atoms with Crippen LogP contribution in [0.25, 0.3) is 0 Å². The quantitative estimate of drug-likeness (QED) is 0.615. The summed E-state index contributed by atoms with van der Waals surface area (Å²) >= 11 is 3.42. The molecule has 0 aliphatic rings. The molecule has 0 spiro atoms. The molecule has 1 aromatic carbocycles. The smallest absolute Gasteiger partial charge is 0.0648 e. The third kappa shape index (κ3) is 4.44. The summed E-state index contributed by atoms with van der Waals surface area (Å²) in [5, 5.41) is 0.402. The second-order valence-electron chi connectivity index (χ2n) is 2.32. The molecule has 0 bridgehead atoms. The van der Waals surface area contributed by atoms with Crippen LogP contribution < -0.4 is 4.72 Å². The van der Waals surface area contributed by atoms with Gasteiger partial charge in [0.1, 0.15) is 0 Å². The number of benzene rings is 1. The number of aryl methyl sites for hydroxylation is 1. The predicted octanol–water partition coefficient (Wildman–Crippen LogP) is 1.47. The van der Waals surface area contributed by atoms with Gasteiger partial charge in [-0.05, 0) is 24.6 Å². The van der Waals surface area contributed by atoms with Gasteiger partial charge in [0.25, 0.3) is 0 Å². The van der Waals surface area contributed by atoms with Gasteiger partial charge in [-0.1, -0.05) is 17.7 Å². The molecule has 0 aliphatic heterocycles. The van der Waals surface area contributed by atoms with Gasteiger partial charge in [-0.15, -0.1) is 0 Å². The van der Waals surface area contributed by atoms with Gasteiger partial charge in [-0.25, -0.2) is 0 Å². The van der Waals surface area contributed by atoms with Gasteiger partial charge in [0, 0.05) is 40.8 Å². The van der Waals surface area contributed by atoms with E-state index in [-0.39, 0.29) is 29.6 Å². The summed E-state index contributed by atoms with van der Waals surface area (Å²) in [6.45, 7) is 1.88. The van der Waals surface area contributed by atoms with Crippen molar-refractivity contribution >= 4 is 58.1 Å². The fraction of sp³-hybridized carbons (Fsp3) is 0.143. The molecule has 1 radical (unpaired) electrons. The van der Waals surface area contributed by atoms with Crippen LogP contribution in [0.2, 0.25) is 5.02 Å². The summed E-state index contributed by atoms with van der Waals surface area (Å²) in [6, 6.07) is 5.09. The van der Waals surface area contributed by atoms with Crippen LogP contribution in [0.15, 0.2) is 18.2 Å². The molecule has 1 aromatic rings. The molecule has 0 aliphatic carbocycles. The Hall–Kier alpha value is 0.420. The van der Waals surface area contributed by atoms with Crippen molar-refractivity contribution in [2.24, 2.45) is 0 Å². The van der Waals surface area contributed by atoms with Crippen LogP contribution in [0.5, 0.6) is 0 Å². The minimum atomic E-state index is -2.32. The van der Waals surface area contributed by atoms with E-state index in [1.807, 2.05) is 6.92 Å². The van der Waals surface area contributed by atoms with Crippen LogP contribution in [0, 0.1) is 6.92 Å². The number of hydrogen-bond acceptors (Lipinski definition) is 2. The molecule has 0 aromatic heterocycles. The molecule has 1 unspecified atom stereocenters. The van der Waals surface area contributed by atoms with Crippen LogP contribution >= 0.6 is 11.6 Å². The van der Waals surface area contributed by atoms with E-state index < -0.39 is 11.3 Å². The first-order valence-corrected chi connectivity index (χ1v) is 4.67. The molecule has 13 heavy (non-hydrogen) atoms. The van der Waals surface area contributed by atoms with Crippen molar-refractivity contribution in [3.05, 3.63) is 28.8 Å². The Morgan fingerprint density at radius 2 is 2.15 bits per heavy atom. The zero-order valence-corrected chi connectivity index (χ0v) is 10.9. The van der Waals surface area contributed by atoms with Gasteiger partial charge in [-0.2, -0.15) is 0 Å². The molecule has 0 saturated heterocycles. The molecule has 0 saturated carbocycles. The average Bonchev–Trinajstić information content (AvgIpc) is 1.94. The summed E-state index contributed by atoms with van der Waals surface area (Å²) in [5.74, 6) is 0. The molecular weight excluding hydrogens is 221 g/mol. The van der Waals surface area contributed by atoms with E-state index in [2.05, 4.69) is 4.72 Å². The van der Waals surface area contributed by atoms with Crippen molar-refractivity contribution in [2.45, 2.75) is 6.92 Å². The first-order chi connectivity index (χ1) is 5.59. The largest absolute Gasteiger partial charge is 0.755 e. The second-order valence-corrected chi connectivity index (χ2v) is 3.40. The van der Waals surface area contributed by atoms with Crippen LogP contribution in [0.3, 0.4) is 0 Å². The summed E-state index contributed by atoms with van der Waals surface area (Å²) in [6.07, 6.45) is 0. The van der Waals surface area contributed by atoms with Crippen LogP contribution in [-0.4, -0.2) is 38.3 Å². The summed E-state index contributed by atoms with van der Waals surface area (Å²) in [4.78, 5) is 0. The minimum Gasteiger partial charge on any atom is -0.755 e. The van der Waals surface area contributed by atoms with Gasteiger partial charge >= 0.3 is 0 Å². The Morgan fingerprint density at radius 1 is 1.54 bits per heavy atom. The molecule has 3 nitrogen and oxygen atoms in total. The molecule has 1 rings (SSSR count). The monoisotopic (exact) mass is 227 g/mol. The van der Waals surface area contributed by atoms with E-state index in [4.69, 9.17) is 11.6 Å². The van der Waals surface area contributed by atoms with Gasteiger partial charge in [0.15, 0.2) is 0 Å². The van der Waals surface area contributed by atoms with E-state index in [0.717, 1.165) is 5.56 Å². The SMILES string of the molecule is Cc1ccc(NS(=O)[O-])c(Cl)c1.[Na]. The summed E-state index contributed by atoms with van der Waals surface area (Å²) < 4.78 is 22.7. The molecule has 1 atom stereocenters. The number of nitrogens with one attached hydrogen (secondary N) is 1. The zero-order valence-electron chi connectivity index (χ0n) is 7.33. The first-order valence-electron chi connectivity index (χ1n) is 3.21. The van der Waals surface area contributed by atoms with E-state index in [0.29, 0.717) is 10.7 Å². The Balaban J connectivity index is 0.00000144. The minimum absolute atomic E-state index is 0. The third-order valence-electron chi connectivity index (χ3n) is 1.32. The maximum Gasteiger partial charge on any atom is 0.0648 e. The number of halogens is 1. The van der Waals surface area contributed by atoms with Gasteiger partial charge in [0.2, 0.25) is 0 Å². The van der Waals surface area contributed by atoms with E-state index in [1.165, 1.54) is 0 Å². The van der Waals surface area contributed by atoms with Crippen LogP contribution in [0.1, 0.15) is 5.56 Å². The Labute approximate surface area is 107 Å². The number of rotatable bonds is 2. The fourth-order valence-electron chi connectivity index (χ4n) is 0.793. The molecule has 6 heteroatoms. The molecule has 0 fully saturated rings. The first kappa shape index (κ1) is 13.4. The van der Waals surface area contributed by atoms with Crippen molar-refractivity contribution in [1.82, 2.24) is 0 Å². The summed E-state index contributed by atoms with van der Waals surface area (Å²) in [5.41, 5.74) is 1.39. The fourth-order valence-corrected chi connectivity index (χ4v) is 1.49. The van der Waals surface area contributed by atoms with Gasteiger partial charge in [-0.3, -0.25) is 4.21 Å². The third-order valence-corrected chi connectivity index (χ3v) is 2.02. The van der Waals surface area contributed by atoms with E-state index >= 15 is 0 Å². The van der Waals surface area contributed by atoms with Crippen molar-refractivity contribution in [1.29, 1.82) is 0 Å². The zero-order chi connectivity index (χ0) is 9.14. The molecule has 67 valence electrons. The Bertz CT molecular complexity index is 321. The standard InChI is InChI=1S/C7H8ClNO2S.Na/c1-5-2-3-7(6(8)4-5)9-12(10)11;/h2-4,9H,1H3,(H,10,11);/p-1. The van der Waals surface area contributed by atoms with Crippen molar-refractivity contribution in [2.75, 3.05) is 4.72 Å². The van der Waals surface area contributed by atoms with E-state index in [9.17, 15) is 8.76 Å². The summed E-state index contributed by atoms with van der Waals surface area (Å²) in [7, 11) is 0. The van der Waals surface area contributed by atoms with Gasteiger partial charge < -0.3 is 9.27 Å². The molecule has 1 N–H and O–H groups in total. The van der Waals surface area contributed by atoms with Crippen molar-refractivity contribution in [3.8, 4) is 0 Å². The second kappa shape index (κ2) is 6.01. The number of anilines is 1. The van der Waals surface area contributed by atoms with Crippen LogP contribution in [-0.2, 0) is 11.3 Å².